The van der Waals surface area contributed by atoms with E-state index < -0.39 is 5.60 Å². The summed E-state index contributed by atoms with van der Waals surface area (Å²) in [4.78, 5) is 27.9. The largest absolute Gasteiger partial charge is 0.472 e. The van der Waals surface area contributed by atoms with Gasteiger partial charge in [0.1, 0.15) is 11.9 Å². The Morgan fingerprint density at radius 3 is 2.78 bits per heavy atom. The molecular formula is C17H26N2O4. The number of furan rings is 1. The minimum atomic E-state index is -0.499. The molecule has 1 aromatic heterocycles. The van der Waals surface area contributed by atoms with Crippen LogP contribution in [0.15, 0.2) is 23.0 Å². The Labute approximate surface area is 137 Å². The van der Waals surface area contributed by atoms with Gasteiger partial charge in [-0.3, -0.25) is 4.79 Å². The van der Waals surface area contributed by atoms with Crippen LogP contribution >= 0.6 is 0 Å². The number of carbonyl (C=O) groups is 2. The predicted octanol–water partition coefficient (Wildman–Crippen LogP) is 3.00. The van der Waals surface area contributed by atoms with Crippen LogP contribution in [-0.4, -0.2) is 54.1 Å². The van der Waals surface area contributed by atoms with Crippen LogP contribution in [0.5, 0.6) is 0 Å². The average Bonchev–Trinajstić information content (AvgIpc) is 2.99. The predicted molar refractivity (Wildman–Crippen MR) is 86.2 cm³/mol. The zero-order valence-corrected chi connectivity index (χ0v) is 14.4. The summed E-state index contributed by atoms with van der Waals surface area (Å²) in [6, 6.07) is 1.68. The number of hydrogen-bond donors (Lipinski definition) is 0. The summed E-state index contributed by atoms with van der Waals surface area (Å²) in [5.41, 5.74) is 0.0763. The van der Waals surface area contributed by atoms with Gasteiger partial charge in [0.05, 0.1) is 11.8 Å². The molecule has 2 rings (SSSR count). The molecule has 0 aromatic carbocycles. The van der Waals surface area contributed by atoms with Crippen molar-refractivity contribution in [3.63, 3.8) is 0 Å². The first-order chi connectivity index (χ1) is 10.8. The third kappa shape index (κ3) is 5.01. The normalized spacial score (nSPS) is 18.6. The first kappa shape index (κ1) is 17.4. The first-order valence-corrected chi connectivity index (χ1v) is 8.02. The molecule has 0 aliphatic carbocycles. The van der Waals surface area contributed by atoms with Crippen LogP contribution in [0.2, 0.25) is 0 Å². The minimum absolute atomic E-state index is 0.0108. The quantitative estimate of drug-likeness (QED) is 0.858. The number of hydrogen-bond acceptors (Lipinski definition) is 4. The van der Waals surface area contributed by atoms with Gasteiger partial charge in [0.25, 0.3) is 5.91 Å². The molecular weight excluding hydrogens is 296 g/mol. The van der Waals surface area contributed by atoms with E-state index in [2.05, 4.69) is 0 Å². The molecule has 0 saturated carbocycles. The molecule has 0 radical (unpaired) electrons. The Balaban J connectivity index is 1.88. The van der Waals surface area contributed by atoms with Crippen LogP contribution in [0.4, 0.5) is 4.79 Å². The molecule has 0 bridgehead atoms. The molecule has 1 unspecified atom stereocenters. The number of likely N-dealkylation sites (tertiary alicyclic amines) is 1. The molecule has 1 aliphatic heterocycles. The van der Waals surface area contributed by atoms with Crippen molar-refractivity contribution in [1.29, 1.82) is 0 Å². The molecule has 128 valence electrons. The van der Waals surface area contributed by atoms with Crippen LogP contribution in [0.25, 0.3) is 0 Å². The van der Waals surface area contributed by atoms with Crippen molar-refractivity contribution in [3.05, 3.63) is 24.2 Å². The van der Waals surface area contributed by atoms with Gasteiger partial charge < -0.3 is 19.0 Å². The van der Waals surface area contributed by atoms with E-state index in [-0.39, 0.29) is 17.9 Å². The number of carbonyl (C=O) groups excluding carboxylic acids is 2. The fraction of sp³-hybridized carbons (Fsp3) is 0.647. The molecule has 6 heteroatoms. The Morgan fingerprint density at radius 1 is 1.43 bits per heavy atom. The highest BCUT2D eigenvalue weighted by Crippen LogP contribution is 2.20. The summed E-state index contributed by atoms with van der Waals surface area (Å²) in [5, 5.41) is 0. The second-order valence-electron chi connectivity index (χ2n) is 7.13. The lowest BCUT2D eigenvalue weighted by Gasteiger charge is -2.35. The Hall–Kier alpha value is -1.98. The van der Waals surface area contributed by atoms with E-state index in [1.54, 1.807) is 18.0 Å². The van der Waals surface area contributed by atoms with Gasteiger partial charge in [-0.15, -0.1) is 0 Å². The minimum Gasteiger partial charge on any atom is -0.472 e. The Morgan fingerprint density at radius 2 is 2.17 bits per heavy atom. The fourth-order valence-electron chi connectivity index (χ4n) is 2.77. The summed E-state index contributed by atoms with van der Waals surface area (Å²) < 4.78 is 10.3. The number of piperidine rings is 1. The molecule has 23 heavy (non-hydrogen) atoms. The maximum Gasteiger partial charge on any atom is 0.410 e. The lowest BCUT2D eigenvalue weighted by Crippen LogP contribution is -2.44. The molecule has 1 fully saturated rings. The van der Waals surface area contributed by atoms with Gasteiger partial charge in [0.2, 0.25) is 0 Å². The van der Waals surface area contributed by atoms with Crippen LogP contribution < -0.4 is 0 Å². The molecule has 2 amide bonds. The summed E-state index contributed by atoms with van der Waals surface area (Å²) in [7, 11) is 1.74. The highest BCUT2D eigenvalue weighted by molar-refractivity contribution is 5.93. The van der Waals surface area contributed by atoms with E-state index in [1.165, 1.54) is 12.5 Å². The van der Waals surface area contributed by atoms with E-state index in [0.717, 1.165) is 19.4 Å². The maximum atomic E-state index is 12.4. The molecule has 6 nitrogen and oxygen atoms in total. The van der Waals surface area contributed by atoms with E-state index in [9.17, 15) is 9.59 Å². The summed E-state index contributed by atoms with van der Waals surface area (Å²) in [5.74, 6) is 0.250. The van der Waals surface area contributed by atoms with Crippen molar-refractivity contribution < 1.29 is 18.7 Å². The third-order valence-corrected chi connectivity index (χ3v) is 3.81. The zero-order valence-electron chi connectivity index (χ0n) is 14.4. The van der Waals surface area contributed by atoms with Crippen LogP contribution in [0.3, 0.4) is 0 Å². The average molecular weight is 322 g/mol. The van der Waals surface area contributed by atoms with Gasteiger partial charge >= 0.3 is 6.09 Å². The van der Waals surface area contributed by atoms with Gasteiger partial charge in [-0.1, -0.05) is 0 Å². The van der Waals surface area contributed by atoms with Crippen molar-refractivity contribution in [2.24, 2.45) is 5.92 Å². The molecule has 2 heterocycles. The van der Waals surface area contributed by atoms with Gasteiger partial charge in [-0.2, -0.15) is 0 Å². The second-order valence-corrected chi connectivity index (χ2v) is 7.13. The molecule has 1 aromatic rings. The van der Waals surface area contributed by atoms with E-state index >= 15 is 0 Å². The van der Waals surface area contributed by atoms with Gasteiger partial charge in [0.15, 0.2) is 0 Å². The van der Waals surface area contributed by atoms with Crippen molar-refractivity contribution in [1.82, 2.24) is 9.80 Å². The van der Waals surface area contributed by atoms with Crippen molar-refractivity contribution in [2.45, 2.75) is 39.2 Å². The number of ether oxygens (including phenoxy) is 1. The topological polar surface area (TPSA) is 63.0 Å². The van der Waals surface area contributed by atoms with E-state index in [0.29, 0.717) is 18.7 Å². The summed E-state index contributed by atoms with van der Waals surface area (Å²) in [6.07, 6.45) is 4.60. The Bertz CT molecular complexity index is 533. The number of nitrogens with zero attached hydrogens (tertiary/aromatic N) is 2. The SMILES string of the molecule is CN(CC1CCCN(C(=O)c2ccoc2)C1)C(=O)OC(C)(C)C. The van der Waals surface area contributed by atoms with Gasteiger partial charge in [-0.25, -0.2) is 4.79 Å². The third-order valence-electron chi connectivity index (χ3n) is 3.81. The molecule has 0 spiro atoms. The van der Waals surface area contributed by atoms with E-state index in [4.69, 9.17) is 9.15 Å². The molecule has 1 aliphatic rings. The summed E-state index contributed by atoms with van der Waals surface area (Å²) >= 11 is 0. The molecule has 1 saturated heterocycles. The lowest BCUT2D eigenvalue weighted by atomic mass is 9.97. The van der Waals surface area contributed by atoms with Crippen molar-refractivity contribution in [3.8, 4) is 0 Å². The second kappa shape index (κ2) is 7.06. The standard InChI is InChI=1S/C17H26N2O4/c1-17(2,3)23-16(21)18(4)10-13-6-5-8-19(11-13)15(20)14-7-9-22-12-14/h7,9,12-13H,5-6,8,10-11H2,1-4H3. The molecule has 1 atom stereocenters. The number of amides is 2. The Kier molecular flexibility index (Phi) is 5.34. The number of rotatable bonds is 3. The van der Waals surface area contributed by atoms with Gasteiger partial charge in [-0.05, 0) is 45.6 Å². The smallest absolute Gasteiger partial charge is 0.410 e. The van der Waals surface area contributed by atoms with E-state index in [1.807, 2.05) is 25.7 Å². The highest BCUT2D eigenvalue weighted by Gasteiger charge is 2.28. The zero-order chi connectivity index (χ0) is 17.0. The van der Waals surface area contributed by atoms with Crippen LogP contribution in [0.1, 0.15) is 44.0 Å². The lowest BCUT2D eigenvalue weighted by molar-refractivity contribution is 0.0244. The van der Waals surface area contributed by atoms with Gasteiger partial charge in [0, 0.05) is 26.7 Å². The maximum absolute atomic E-state index is 12.4. The monoisotopic (exact) mass is 322 g/mol. The van der Waals surface area contributed by atoms with Crippen LogP contribution in [-0.2, 0) is 4.74 Å². The summed E-state index contributed by atoms with van der Waals surface area (Å²) in [6.45, 7) is 7.54. The van der Waals surface area contributed by atoms with Crippen molar-refractivity contribution in [2.75, 3.05) is 26.7 Å². The van der Waals surface area contributed by atoms with Crippen LogP contribution in [0, 0.1) is 5.92 Å². The first-order valence-electron chi connectivity index (χ1n) is 8.02. The molecule has 0 N–H and O–H groups in total. The highest BCUT2D eigenvalue weighted by atomic mass is 16.6. The fourth-order valence-corrected chi connectivity index (χ4v) is 2.77. The van der Waals surface area contributed by atoms with Crippen molar-refractivity contribution >= 4 is 12.0 Å².